The molecule has 0 N–H and O–H groups in total. The SMILES string of the molecule is Cc1nnc(N2CCC(C(=O)N3CCOCC3)CC2)s1. The Hall–Kier alpha value is -1.21. The van der Waals surface area contributed by atoms with Gasteiger partial charge in [0.05, 0.1) is 13.2 Å². The predicted molar refractivity (Wildman–Crippen MR) is 77.0 cm³/mol. The highest BCUT2D eigenvalue weighted by molar-refractivity contribution is 7.15. The molecule has 2 fully saturated rings. The number of ether oxygens (including phenoxy) is 1. The lowest BCUT2D eigenvalue weighted by molar-refractivity contribution is -0.140. The van der Waals surface area contributed by atoms with Crippen LogP contribution in [0.25, 0.3) is 0 Å². The third-order valence-corrected chi connectivity index (χ3v) is 4.85. The van der Waals surface area contributed by atoms with E-state index in [1.165, 1.54) is 0 Å². The molecule has 110 valence electrons. The van der Waals surface area contributed by atoms with Crippen LogP contribution in [0.1, 0.15) is 17.8 Å². The molecule has 0 unspecified atom stereocenters. The second-order valence-corrected chi connectivity index (χ2v) is 6.46. The molecule has 2 saturated heterocycles. The van der Waals surface area contributed by atoms with Crippen LogP contribution in [-0.2, 0) is 9.53 Å². The summed E-state index contributed by atoms with van der Waals surface area (Å²) < 4.78 is 5.30. The molecule has 0 saturated carbocycles. The molecule has 3 heterocycles. The lowest BCUT2D eigenvalue weighted by Crippen LogP contribution is -2.46. The summed E-state index contributed by atoms with van der Waals surface area (Å²) >= 11 is 1.62. The van der Waals surface area contributed by atoms with Crippen LogP contribution in [-0.4, -0.2) is 60.4 Å². The van der Waals surface area contributed by atoms with Crippen LogP contribution >= 0.6 is 11.3 Å². The van der Waals surface area contributed by atoms with E-state index in [1.54, 1.807) is 11.3 Å². The van der Waals surface area contributed by atoms with E-state index < -0.39 is 0 Å². The number of hydrogen-bond acceptors (Lipinski definition) is 6. The number of morpholine rings is 1. The number of carbonyl (C=O) groups is 1. The van der Waals surface area contributed by atoms with Crippen molar-refractivity contribution in [2.45, 2.75) is 19.8 Å². The van der Waals surface area contributed by atoms with Crippen molar-refractivity contribution >= 4 is 22.4 Å². The first kappa shape index (κ1) is 13.8. The summed E-state index contributed by atoms with van der Waals surface area (Å²) in [6.07, 6.45) is 1.82. The minimum Gasteiger partial charge on any atom is -0.378 e. The number of nitrogens with zero attached hydrogens (tertiary/aromatic N) is 4. The Kier molecular flexibility index (Phi) is 4.16. The molecule has 7 heteroatoms. The Labute approximate surface area is 122 Å². The fourth-order valence-electron chi connectivity index (χ4n) is 2.77. The quantitative estimate of drug-likeness (QED) is 0.812. The summed E-state index contributed by atoms with van der Waals surface area (Å²) in [6.45, 7) is 6.60. The zero-order chi connectivity index (χ0) is 13.9. The Balaban J connectivity index is 1.54. The second-order valence-electron chi connectivity index (χ2n) is 5.30. The van der Waals surface area contributed by atoms with Crippen molar-refractivity contribution in [3.8, 4) is 0 Å². The maximum atomic E-state index is 12.4. The van der Waals surface area contributed by atoms with Gasteiger partial charge in [-0.1, -0.05) is 11.3 Å². The number of carbonyl (C=O) groups excluding carboxylic acids is 1. The van der Waals surface area contributed by atoms with E-state index in [9.17, 15) is 4.79 Å². The van der Waals surface area contributed by atoms with E-state index in [2.05, 4.69) is 15.1 Å². The number of rotatable bonds is 2. The summed E-state index contributed by atoms with van der Waals surface area (Å²) in [5.74, 6) is 0.472. The molecule has 0 radical (unpaired) electrons. The van der Waals surface area contributed by atoms with Crippen molar-refractivity contribution in [3.63, 3.8) is 0 Å². The molecule has 0 spiro atoms. The molecular weight excluding hydrogens is 276 g/mol. The van der Waals surface area contributed by atoms with Crippen LogP contribution in [0.4, 0.5) is 5.13 Å². The van der Waals surface area contributed by atoms with Crippen molar-refractivity contribution in [1.82, 2.24) is 15.1 Å². The molecule has 2 aliphatic heterocycles. The van der Waals surface area contributed by atoms with Crippen molar-refractivity contribution in [2.24, 2.45) is 5.92 Å². The second kappa shape index (κ2) is 6.05. The fraction of sp³-hybridized carbons (Fsp3) is 0.769. The standard InChI is InChI=1S/C13H20N4O2S/c1-10-14-15-13(20-10)17-4-2-11(3-5-17)12(18)16-6-8-19-9-7-16/h11H,2-9H2,1H3. The summed E-state index contributed by atoms with van der Waals surface area (Å²) in [7, 11) is 0. The summed E-state index contributed by atoms with van der Waals surface area (Å²) in [5.41, 5.74) is 0. The van der Waals surface area contributed by atoms with Gasteiger partial charge in [-0.2, -0.15) is 0 Å². The zero-order valence-electron chi connectivity index (χ0n) is 11.7. The minimum absolute atomic E-state index is 0.165. The molecule has 1 aromatic heterocycles. The van der Waals surface area contributed by atoms with Gasteiger partial charge in [0.15, 0.2) is 0 Å². The number of piperidine rings is 1. The lowest BCUT2D eigenvalue weighted by Gasteiger charge is -2.35. The van der Waals surface area contributed by atoms with Gasteiger partial charge in [0, 0.05) is 32.1 Å². The number of amides is 1. The molecule has 2 aliphatic rings. The van der Waals surface area contributed by atoms with E-state index in [0.717, 1.165) is 49.2 Å². The number of hydrogen-bond donors (Lipinski definition) is 0. The largest absolute Gasteiger partial charge is 0.378 e. The van der Waals surface area contributed by atoms with E-state index in [-0.39, 0.29) is 5.92 Å². The number of aromatic nitrogens is 2. The summed E-state index contributed by atoms with van der Waals surface area (Å²) in [6, 6.07) is 0. The minimum atomic E-state index is 0.165. The van der Waals surface area contributed by atoms with Crippen LogP contribution in [0.5, 0.6) is 0 Å². The Morgan fingerprint density at radius 1 is 1.20 bits per heavy atom. The average Bonchev–Trinajstić information content (AvgIpc) is 2.94. The maximum Gasteiger partial charge on any atom is 0.225 e. The fourth-order valence-corrected chi connectivity index (χ4v) is 3.51. The maximum absolute atomic E-state index is 12.4. The summed E-state index contributed by atoms with van der Waals surface area (Å²) in [4.78, 5) is 16.6. The summed E-state index contributed by atoms with van der Waals surface area (Å²) in [5, 5.41) is 10.2. The zero-order valence-corrected chi connectivity index (χ0v) is 12.6. The normalized spacial score (nSPS) is 21.2. The highest BCUT2D eigenvalue weighted by Crippen LogP contribution is 2.26. The molecule has 6 nitrogen and oxygen atoms in total. The van der Waals surface area contributed by atoms with E-state index in [1.807, 2.05) is 11.8 Å². The van der Waals surface area contributed by atoms with E-state index >= 15 is 0 Å². The van der Waals surface area contributed by atoms with Gasteiger partial charge in [-0.25, -0.2) is 0 Å². The average molecular weight is 296 g/mol. The molecule has 0 atom stereocenters. The highest BCUT2D eigenvalue weighted by Gasteiger charge is 2.30. The van der Waals surface area contributed by atoms with Gasteiger partial charge in [-0.15, -0.1) is 10.2 Å². The van der Waals surface area contributed by atoms with Gasteiger partial charge >= 0.3 is 0 Å². The van der Waals surface area contributed by atoms with Gasteiger partial charge in [0.1, 0.15) is 5.01 Å². The topological polar surface area (TPSA) is 58.6 Å². The molecule has 20 heavy (non-hydrogen) atoms. The molecule has 3 rings (SSSR count). The monoisotopic (exact) mass is 296 g/mol. The van der Waals surface area contributed by atoms with Crippen LogP contribution < -0.4 is 4.90 Å². The van der Waals surface area contributed by atoms with Crippen LogP contribution in [0.15, 0.2) is 0 Å². The predicted octanol–water partition coefficient (Wildman–Crippen LogP) is 0.922. The van der Waals surface area contributed by atoms with Gasteiger partial charge < -0.3 is 14.5 Å². The first-order chi connectivity index (χ1) is 9.74. The van der Waals surface area contributed by atoms with Crippen molar-refractivity contribution < 1.29 is 9.53 Å². The van der Waals surface area contributed by atoms with Crippen molar-refractivity contribution in [1.29, 1.82) is 0 Å². The first-order valence-electron chi connectivity index (χ1n) is 7.15. The van der Waals surface area contributed by atoms with Crippen LogP contribution in [0.2, 0.25) is 0 Å². The molecule has 0 aliphatic carbocycles. The van der Waals surface area contributed by atoms with Crippen molar-refractivity contribution in [2.75, 3.05) is 44.3 Å². The Morgan fingerprint density at radius 3 is 2.50 bits per heavy atom. The Morgan fingerprint density at radius 2 is 1.90 bits per heavy atom. The van der Waals surface area contributed by atoms with E-state index in [4.69, 9.17) is 4.74 Å². The van der Waals surface area contributed by atoms with Crippen LogP contribution in [0, 0.1) is 12.8 Å². The highest BCUT2D eigenvalue weighted by atomic mass is 32.1. The van der Waals surface area contributed by atoms with Gasteiger partial charge in [0.25, 0.3) is 0 Å². The molecule has 1 aromatic rings. The van der Waals surface area contributed by atoms with Gasteiger partial charge in [-0.05, 0) is 19.8 Å². The third-order valence-electron chi connectivity index (χ3n) is 3.95. The molecule has 0 bridgehead atoms. The van der Waals surface area contributed by atoms with Crippen molar-refractivity contribution in [3.05, 3.63) is 5.01 Å². The number of aryl methyl sites for hydroxylation is 1. The molecule has 1 amide bonds. The smallest absolute Gasteiger partial charge is 0.225 e. The number of anilines is 1. The Bertz CT molecular complexity index is 465. The lowest BCUT2D eigenvalue weighted by atomic mass is 9.95. The van der Waals surface area contributed by atoms with Gasteiger partial charge in [-0.3, -0.25) is 4.79 Å². The first-order valence-corrected chi connectivity index (χ1v) is 7.97. The van der Waals surface area contributed by atoms with E-state index in [0.29, 0.717) is 19.1 Å². The van der Waals surface area contributed by atoms with Gasteiger partial charge in [0.2, 0.25) is 11.0 Å². The van der Waals surface area contributed by atoms with Crippen LogP contribution in [0.3, 0.4) is 0 Å². The molecular formula is C13H20N4O2S. The third kappa shape index (κ3) is 2.93. The molecule has 0 aromatic carbocycles.